The van der Waals surface area contributed by atoms with Crippen LogP contribution < -0.4 is 5.30 Å². The van der Waals surface area contributed by atoms with Crippen LogP contribution in [-0.2, 0) is 4.57 Å². The van der Waals surface area contributed by atoms with Crippen LogP contribution >= 0.6 is 8.03 Å². The second-order valence-corrected chi connectivity index (χ2v) is 4.30. The SMILES string of the molecule is O=[P+](O)c1ccccc1-c1ccccc1F. The van der Waals surface area contributed by atoms with Gasteiger partial charge < -0.3 is 0 Å². The average Bonchev–Trinajstić information content (AvgIpc) is 2.29. The highest BCUT2D eigenvalue weighted by atomic mass is 31.1. The number of benzene rings is 2. The third-order valence-corrected chi connectivity index (χ3v) is 3.08. The highest BCUT2D eigenvalue weighted by Crippen LogP contribution is 2.26. The van der Waals surface area contributed by atoms with E-state index in [1.165, 1.54) is 12.1 Å². The van der Waals surface area contributed by atoms with Crippen LogP contribution in [0.3, 0.4) is 0 Å². The second-order valence-electron chi connectivity index (χ2n) is 3.27. The molecular weight excluding hydrogens is 226 g/mol. The Morgan fingerprint density at radius 2 is 1.50 bits per heavy atom. The quantitative estimate of drug-likeness (QED) is 0.812. The zero-order valence-electron chi connectivity index (χ0n) is 8.30. The topological polar surface area (TPSA) is 37.3 Å². The van der Waals surface area contributed by atoms with Crippen LogP contribution in [0.4, 0.5) is 4.39 Å². The molecule has 0 aliphatic heterocycles. The maximum atomic E-state index is 13.5. The van der Waals surface area contributed by atoms with Gasteiger partial charge in [-0.1, -0.05) is 30.3 Å². The Labute approximate surface area is 93.2 Å². The minimum Gasteiger partial charge on any atom is -0.206 e. The Balaban J connectivity index is 2.65. The van der Waals surface area contributed by atoms with E-state index in [4.69, 9.17) is 4.89 Å². The Morgan fingerprint density at radius 3 is 2.12 bits per heavy atom. The maximum Gasteiger partial charge on any atom is 0.546 e. The first-order valence-corrected chi connectivity index (χ1v) is 5.91. The third kappa shape index (κ3) is 2.01. The average molecular weight is 235 g/mol. The van der Waals surface area contributed by atoms with Crippen LogP contribution in [-0.4, -0.2) is 4.89 Å². The largest absolute Gasteiger partial charge is 0.546 e. The van der Waals surface area contributed by atoms with Crippen LogP contribution in [0.15, 0.2) is 48.5 Å². The predicted molar refractivity (Wildman–Crippen MR) is 61.3 cm³/mol. The number of halogens is 1. The fraction of sp³-hybridized carbons (Fsp3) is 0. The van der Waals surface area contributed by atoms with E-state index in [0.717, 1.165) is 0 Å². The number of rotatable bonds is 2. The van der Waals surface area contributed by atoms with Crippen LogP contribution in [0, 0.1) is 5.82 Å². The molecule has 0 aromatic heterocycles. The van der Waals surface area contributed by atoms with Crippen LogP contribution in [0.5, 0.6) is 0 Å². The number of hydrogen-bond donors (Lipinski definition) is 1. The molecule has 80 valence electrons. The van der Waals surface area contributed by atoms with Gasteiger partial charge in [-0.25, -0.2) is 4.39 Å². The van der Waals surface area contributed by atoms with Gasteiger partial charge in [0.25, 0.3) is 0 Å². The zero-order chi connectivity index (χ0) is 11.5. The lowest BCUT2D eigenvalue weighted by atomic mass is 10.1. The summed E-state index contributed by atoms with van der Waals surface area (Å²) in [4.78, 5) is 9.14. The molecule has 0 saturated carbocycles. The summed E-state index contributed by atoms with van der Waals surface area (Å²) < 4.78 is 24.7. The van der Waals surface area contributed by atoms with Gasteiger partial charge in [0.15, 0.2) is 0 Å². The first kappa shape index (κ1) is 10.9. The molecule has 16 heavy (non-hydrogen) atoms. The molecule has 0 amide bonds. The molecule has 1 N–H and O–H groups in total. The molecule has 2 nitrogen and oxygen atoms in total. The molecular formula is C12H9FO2P+. The van der Waals surface area contributed by atoms with E-state index in [1.807, 2.05) is 0 Å². The van der Waals surface area contributed by atoms with Crippen molar-refractivity contribution in [2.24, 2.45) is 0 Å². The van der Waals surface area contributed by atoms with Crippen molar-refractivity contribution in [3.8, 4) is 11.1 Å². The molecule has 0 radical (unpaired) electrons. The van der Waals surface area contributed by atoms with Crippen molar-refractivity contribution in [2.75, 3.05) is 0 Å². The monoisotopic (exact) mass is 235 g/mol. The van der Waals surface area contributed by atoms with E-state index in [-0.39, 0.29) is 5.30 Å². The van der Waals surface area contributed by atoms with Crippen LogP contribution in [0.25, 0.3) is 11.1 Å². The fourth-order valence-electron chi connectivity index (χ4n) is 1.55. The van der Waals surface area contributed by atoms with Gasteiger partial charge in [0.1, 0.15) is 5.82 Å². The van der Waals surface area contributed by atoms with Crippen molar-refractivity contribution in [1.82, 2.24) is 0 Å². The van der Waals surface area contributed by atoms with Gasteiger partial charge in [0.05, 0.1) is 0 Å². The minimum absolute atomic E-state index is 0.252. The zero-order valence-corrected chi connectivity index (χ0v) is 9.19. The lowest BCUT2D eigenvalue weighted by molar-refractivity contribution is 0.513. The summed E-state index contributed by atoms with van der Waals surface area (Å²) >= 11 is 0. The van der Waals surface area contributed by atoms with Gasteiger partial charge in [-0.05, 0) is 22.8 Å². The maximum absolute atomic E-state index is 13.5. The molecule has 2 aromatic rings. The summed E-state index contributed by atoms with van der Waals surface area (Å²) in [7, 11) is -2.47. The van der Waals surface area contributed by atoms with Gasteiger partial charge in [0.2, 0.25) is 5.30 Å². The van der Waals surface area contributed by atoms with Gasteiger partial charge >= 0.3 is 8.03 Å². The summed E-state index contributed by atoms with van der Waals surface area (Å²) in [5, 5.41) is 0.252. The minimum atomic E-state index is -2.47. The highest BCUT2D eigenvalue weighted by Gasteiger charge is 2.23. The smallest absolute Gasteiger partial charge is 0.206 e. The van der Waals surface area contributed by atoms with Crippen molar-refractivity contribution < 1.29 is 13.8 Å². The van der Waals surface area contributed by atoms with E-state index in [0.29, 0.717) is 11.1 Å². The summed E-state index contributed by atoms with van der Waals surface area (Å²) in [6.45, 7) is 0. The fourth-order valence-corrected chi connectivity index (χ4v) is 2.16. The molecule has 0 saturated heterocycles. The normalized spacial score (nSPS) is 11.2. The molecule has 0 aliphatic carbocycles. The van der Waals surface area contributed by atoms with Crippen molar-refractivity contribution in [2.45, 2.75) is 0 Å². The molecule has 1 atom stereocenters. The predicted octanol–water partition coefficient (Wildman–Crippen LogP) is 2.85. The molecule has 4 heteroatoms. The van der Waals surface area contributed by atoms with E-state index in [2.05, 4.69) is 0 Å². The molecule has 1 unspecified atom stereocenters. The summed E-state index contributed by atoms with van der Waals surface area (Å²) in [6, 6.07) is 12.7. The van der Waals surface area contributed by atoms with Crippen LogP contribution in [0.1, 0.15) is 0 Å². The Hall–Kier alpha value is -1.57. The van der Waals surface area contributed by atoms with Gasteiger partial charge in [-0.3, -0.25) is 0 Å². The van der Waals surface area contributed by atoms with Crippen molar-refractivity contribution in [3.63, 3.8) is 0 Å². The lowest BCUT2D eigenvalue weighted by Crippen LogP contribution is -2.01. The highest BCUT2D eigenvalue weighted by molar-refractivity contribution is 7.47. The van der Waals surface area contributed by atoms with E-state index in [9.17, 15) is 8.96 Å². The van der Waals surface area contributed by atoms with Gasteiger partial charge in [-0.2, -0.15) is 4.89 Å². The summed E-state index contributed by atoms with van der Waals surface area (Å²) in [5.74, 6) is -0.396. The molecule has 0 heterocycles. The standard InChI is InChI=1S/C12H8FO2P/c13-11-7-3-1-5-9(11)10-6-2-4-8-12(10)16(14)15/h1-8H/p+1. The molecule has 2 aromatic carbocycles. The molecule has 0 aliphatic rings. The van der Waals surface area contributed by atoms with Crippen LogP contribution in [0.2, 0.25) is 0 Å². The second kappa shape index (κ2) is 4.52. The van der Waals surface area contributed by atoms with E-state index >= 15 is 0 Å². The number of hydrogen-bond acceptors (Lipinski definition) is 1. The van der Waals surface area contributed by atoms with Crippen molar-refractivity contribution in [3.05, 3.63) is 54.3 Å². The Kier molecular flexibility index (Phi) is 3.09. The van der Waals surface area contributed by atoms with E-state index in [1.54, 1.807) is 36.4 Å². The summed E-state index contributed by atoms with van der Waals surface area (Å²) in [6.07, 6.45) is 0. The first-order valence-electron chi connectivity index (χ1n) is 4.70. The molecule has 0 bridgehead atoms. The van der Waals surface area contributed by atoms with Crippen molar-refractivity contribution in [1.29, 1.82) is 0 Å². The summed E-state index contributed by atoms with van der Waals surface area (Å²) in [5.41, 5.74) is 0.805. The third-order valence-electron chi connectivity index (χ3n) is 2.27. The van der Waals surface area contributed by atoms with Gasteiger partial charge in [-0.15, -0.1) is 0 Å². The Bertz CT molecular complexity index is 540. The van der Waals surface area contributed by atoms with Crippen molar-refractivity contribution >= 4 is 13.3 Å². The molecule has 0 fully saturated rings. The molecule has 2 rings (SSSR count). The Morgan fingerprint density at radius 1 is 0.938 bits per heavy atom. The molecule has 0 spiro atoms. The first-order chi connectivity index (χ1) is 7.70. The van der Waals surface area contributed by atoms with E-state index < -0.39 is 13.8 Å². The lowest BCUT2D eigenvalue weighted by Gasteiger charge is -2.02. The van der Waals surface area contributed by atoms with Gasteiger partial charge in [0, 0.05) is 11.1 Å².